The van der Waals surface area contributed by atoms with Gasteiger partial charge in [0.1, 0.15) is 11.5 Å². The van der Waals surface area contributed by atoms with Crippen molar-refractivity contribution >= 4 is 0 Å². The van der Waals surface area contributed by atoms with Gasteiger partial charge in [0.15, 0.2) is 12.4 Å². The topological polar surface area (TPSA) is 36.2 Å². The molecule has 0 unspecified atom stereocenters. The summed E-state index contributed by atoms with van der Waals surface area (Å²) in [6, 6.07) is 9.73. The highest BCUT2D eigenvalue weighted by Crippen LogP contribution is 2.29. The molecule has 0 bridgehead atoms. The molecule has 0 aliphatic rings. The van der Waals surface area contributed by atoms with E-state index in [-0.39, 0.29) is 5.41 Å². The molecule has 0 fully saturated rings. The molecule has 1 aromatic carbocycles. The molecular weight excluding hydrogens is 238 g/mol. The van der Waals surface area contributed by atoms with Crippen molar-refractivity contribution in [2.45, 2.75) is 33.1 Å². The van der Waals surface area contributed by atoms with Gasteiger partial charge in [-0.2, -0.15) is 4.73 Å². The molecule has 0 aliphatic heterocycles. The zero-order valence-corrected chi connectivity index (χ0v) is 11.8. The monoisotopic (exact) mass is 257 g/mol. The Kier molecular flexibility index (Phi) is 3.47. The van der Waals surface area contributed by atoms with Crippen LogP contribution >= 0.6 is 0 Å². The van der Waals surface area contributed by atoms with Gasteiger partial charge in [0, 0.05) is 6.07 Å². The van der Waals surface area contributed by atoms with Crippen LogP contribution in [0, 0.1) is 12.1 Å². The Labute approximate surface area is 114 Å². The number of aryl methyl sites for hydroxylation is 1. The first-order valence-electron chi connectivity index (χ1n) is 6.34. The van der Waals surface area contributed by atoms with E-state index in [1.807, 2.05) is 25.1 Å². The van der Waals surface area contributed by atoms with Crippen LogP contribution in [-0.4, -0.2) is 0 Å². The number of nitrogens with zero attached hydrogens (tertiary/aromatic N) is 1. The second-order valence-electron chi connectivity index (χ2n) is 5.73. The van der Waals surface area contributed by atoms with E-state index in [1.165, 1.54) is 18.0 Å². The quantitative estimate of drug-likeness (QED) is 0.607. The maximum atomic E-state index is 11.1. The van der Waals surface area contributed by atoms with Crippen LogP contribution in [0.5, 0.6) is 11.5 Å². The van der Waals surface area contributed by atoms with Gasteiger partial charge in [-0.15, -0.1) is 0 Å². The minimum atomic E-state index is 0.0865. The van der Waals surface area contributed by atoms with Crippen molar-refractivity contribution in [1.29, 1.82) is 0 Å². The van der Waals surface area contributed by atoms with Gasteiger partial charge in [-0.3, -0.25) is 0 Å². The zero-order chi connectivity index (χ0) is 14.0. The molecule has 3 heteroatoms. The Morgan fingerprint density at radius 3 is 2.53 bits per heavy atom. The van der Waals surface area contributed by atoms with Gasteiger partial charge >= 0.3 is 0 Å². The molecule has 0 radical (unpaired) electrons. The Bertz CT molecular complexity index is 586. The lowest BCUT2D eigenvalue weighted by molar-refractivity contribution is -0.605. The molecule has 1 heterocycles. The van der Waals surface area contributed by atoms with Crippen molar-refractivity contribution in [1.82, 2.24) is 0 Å². The third kappa shape index (κ3) is 3.25. The normalized spacial score (nSPS) is 11.4. The molecule has 0 saturated heterocycles. The van der Waals surface area contributed by atoms with Crippen molar-refractivity contribution in [2.24, 2.45) is 0 Å². The van der Waals surface area contributed by atoms with E-state index in [1.54, 1.807) is 6.07 Å². The van der Waals surface area contributed by atoms with Crippen LogP contribution in [0.25, 0.3) is 0 Å². The predicted molar refractivity (Wildman–Crippen MR) is 75.4 cm³/mol. The minimum Gasteiger partial charge on any atom is -0.619 e. The average Bonchev–Trinajstić information content (AvgIpc) is 2.32. The van der Waals surface area contributed by atoms with E-state index < -0.39 is 0 Å². The van der Waals surface area contributed by atoms with Gasteiger partial charge in [-0.05, 0) is 30.0 Å². The molecule has 3 nitrogen and oxygen atoms in total. The molecule has 0 amide bonds. The van der Waals surface area contributed by atoms with E-state index in [2.05, 4.69) is 26.8 Å². The third-order valence-corrected chi connectivity index (χ3v) is 3.01. The Morgan fingerprint density at radius 1 is 1.16 bits per heavy atom. The van der Waals surface area contributed by atoms with E-state index in [9.17, 15) is 5.21 Å². The number of benzene rings is 1. The fraction of sp³-hybridized carbons (Fsp3) is 0.312. The summed E-state index contributed by atoms with van der Waals surface area (Å²) >= 11 is 0. The van der Waals surface area contributed by atoms with Gasteiger partial charge in [0.25, 0.3) is 0 Å². The van der Waals surface area contributed by atoms with Gasteiger partial charge in [0.2, 0.25) is 0 Å². The molecule has 0 atom stereocenters. The largest absolute Gasteiger partial charge is 0.619 e. The van der Waals surface area contributed by atoms with E-state index in [0.29, 0.717) is 5.75 Å². The van der Waals surface area contributed by atoms with Crippen molar-refractivity contribution in [2.75, 3.05) is 0 Å². The van der Waals surface area contributed by atoms with Crippen molar-refractivity contribution in [3.05, 3.63) is 59.1 Å². The molecule has 0 N–H and O–H groups in total. The van der Waals surface area contributed by atoms with Crippen molar-refractivity contribution in [3.63, 3.8) is 0 Å². The first-order valence-corrected chi connectivity index (χ1v) is 6.34. The Morgan fingerprint density at radius 2 is 1.89 bits per heavy atom. The lowest BCUT2D eigenvalue weighted by Crippen LogP contribution is -2.24. The first kappa shape index (κ1) is 13.4. The summed E-state index contributed by atoms with van der Waals surface area (Å²) in [7, 11) is 0. The number of aromatic nitrogens is 1. The summed E-state index contributed by atoms with van der Waals surface area (Å²) in [5.74, 6) is 1.50. The van der Waals surface area contributed by atoms with Crippen LogP contribution in [0.1, 0.15) is 31.9 Å². The lowest BCUT2D eigenvalue weighted by atomic mass is 9.87. The smallest absolute Gasteiger partial charge is 0.186 e. The first-order chi connectivity index (χ1) is 8.86. The fourth-order valence-electron chi connectivity index (χ4n) is 1.84. The summed E-state index contributed by atoms with van der Waals surface area (Å²) in [5, 5.41) is 11.1. The van der Waals surface area contributed by atoms with Crippen LogP contribution in [0.15, 0.2) is 42.7 Å². The van der Waals surface area contributed by atoms with Crippen LogP contribution in [0.3, 0.4) is 0 Å². The lowest BCUT2D eigenvalue weighted by Gasteiger charge is -2.19. The Balaban J connectivity index is 2.29. The highest BCUT2D eigenvalue weighted by Gasteiger charge is 2.14. The molecule has 2 rings (SSSR count). The van der Waals surface area contributed by atoms with E-state index >= 15 is 0 Å². The number of hydrogen-bond acceptors (Lipinski definition) is 2. The number of hydrogen-bond donors (Lipinski definition) is 0. The summed E-state index contributed by atoms with van der Waals surface area (Å²) in [6.45, 7) is 8.36. The van der Waals surface area contributed by atoms with Gasteiger partial charge in [0.05, 0.1) is 5.56 Å². The van der Waals surface area contributed by atoms with Crippen LogP contribution in [-0.2, 0) is 5.41 Å². The minimum absolute atomic E-state index is 0.0865. The molecule has 0 aliphatic carbocycles. The van der Waals surface area contributed by atoms with Gasteiger partial charge in [-0.1, -0.05) is 32.9 Å². The van der Waals surface area contributed by atoms with E-state index in [4.69, 9.17) is 4.74 Å². The SMILES string of the molecule is Cc1c[n+]([O-])ccc1Oc1cccc(C(C)(C)C)c1. The van der Waals surface area contributed by atoms with Crippen LogP contribution in [0.4, 0.5) is 0 Å². The standard InChI is InChI=1S/C16H19NO2/c1-12-11-17(18)9-8-15(12)19-14-7-5-6-13(10-14)16(2,3)4/h5-11H,1-4H3. The average molecular weight is 257 g/mol. The van der Waals surface area contributed by atoms with Gasteiger partial charge in [-0.25, -0.2) is 0 Å². The molecule has 0 spiro atoms. The number of ether oxygens (including phenoxy) is 1. The summed E-state index contributed by atoms with van der Waals surface area (Å²) in [6.07, 6.45) is 2.94. The second kappa shape index (κ2) is 4.92. The van der Waals surface area contributed by atoms with Crippen LogP contribution < -0.4 is 9.47 Å². The van der Waals surface area contributed by atoms with Crippen molar-refractivity contribution < 1.29 is 9.47 Å². The highest BCUT2D eigenvalue weighted by molar-refractivity contribution is 5.37. The number of rotatable bonds is 2. The highest BCUT2D eigenvalue weighted by atomic mass is 16.5. The van der Waals surface area contributed by atoms with Crippen molar-refractivity contribution in [3.8, 4) is 11.5 Å². The fourth-order valence-corrected chi connectivity index (χ4v) is 1.84. The van der Waals surface area contributed by atoms with E-state index in [0.717, 1.165) is 16.0 Å². The third-order valence-electron chi connectivity index (χ3n) is 3.01. The Hall–Kier alpha value is -2.03. The second-order valence-corrected chi connectivity index (χ2v) is 5.73. The summed E-state index contributed by atoms with van der Waals surface area (Å²) < 4.78 is 6.62. The van der Waals surface area contributed by atoms with Crippen LogP contribution in [0.2, 0.25) is 0 Å². The molecule has 2 aromatic rings. The molecule has 1 aromatic heterocycles. The van der Waals surface area contributed by atoms with Gasteiger partial charge < -0.3 is 9.94 Å². The zero-order valence-electron chi connectivity index (χ0n) is 11.8. The maximum absolute atomic E-state index is 11.1. The molecular formula is C16H19NO2. The summed E-state index contributed by atoms with van der Waals surface area (Å²) in [4.78, 5) is 0. The summed E-state index contributed by atoms with van der Waals surface area (Å²) in [5.41, 5.74) is 2.12. The molecule has 19 heavy (non-hydrogen) atoms. The molecule has 0 saturated carbocycles. The number of pyridine rings is 1. The predicted octanol–water partition coefficient (Wildman–Crippen LogP) is 3.72. The maximum Gasteiger partial charge on any atom is 0.186 e. The molecule has 100 valence electrons.